The first kappa shape index (κ1) is 14.2. The molecule has 0 radical (unpaired) electrons. The number of hydrogen-bond donors (Lipinski definition) is 0. The van der Waals surface area contributed by atoms with Crippen molar-refractivity contribution in [1.29, 1.82) is 0 Å². The van der Waals surface area contributed by atoms with E-state index in [2.05, 4.69) is 20.0 Å². The molecule has 2 bridgehead atoms. The van der Waals surface area contributed by atoms with Crippen molar-refractivity contribution in [2.24, 2.45) is 13.0 Å². The van der Waals surface area contributed by atoms with Crippen LogP contribution in [0, 0.1) is 5.92 Å². The van der Waals surface area contributed by atoms with E-state index in [4.69, 9.17) is 0 Å². The lowest BCUT2D eigenvalue weighted by molar-refractivity contribution is 0.0592. The van der Waals surface area contributed by atoms with Crippen LogP contribution in [-0.2, 0) is 7.05 Å². The molecule has 23 heavy (non-hydrogen) atoms. The smallest absolute Gasteiger partial charge is 0.257 e. The van der Waals surface area contributed by atoms with E-state index < -0.39 is 0 Å². The predicted molar refractivity (Wildman–Crippen MR) is 85.0 cm³/mol. The number of amides is 1. The third-order valence-electron chi connectivity index (χ3n) is 4.76. The molecule has 5 heterocycles. The SMILES string of the molecule is Cn1cc(C(=O)N2C[C@H]3CC[C@@H]2CN(c2ncccn2)C3)cn1. The Bertz CT molecular complexity index is 700. The summed E-state index contributed by atoms with van der Waals surface area (Å²) in [5.74, 6) is 1.32. The quantitative estimate of drug-likeness (QED) is 0.826. The van der Waals surface area contributed by atoms with Gasteiger partial charge in [0.2, 0.25) is 5.95 Å². The van der Waals surface area contributed by atoms with Crippen molar-refractivity contribution >= 4 is 11.9 Å². The first-order valence-corrected chi connectivity index (χ1v) is 8.02. The van der Waals surface area contributed by atoms with Gasteiger partial charge in [0.1, 0.15) is 0 Å². The highest BCUT2D eigenvalue weighted by molar-refractivity contribution is 5.94. The zero-order valence-electron chi connectivity index (χ0n) is 13.2. The Hall–Kier alpha value is -2.44. The normalized spacial score (nSPS) is 23.9. The summed E-state index contributed by atoms with van der Waals surface area (Å²) >= 11 is 0. The van der Waals surface area contributed by atoms with Crippen LogP contribution in [0.25, 0.3) is 0 Å². The van der Waals surface area contributed by atoms with Crippen LogP contribution >= 0.6 is 0 Å². The Labute approximate surface area is 134 Å². The van der Waals surface area contributed by atoms with Crippen molar-refractivity contribution in [3.8, 4) is 0 Å². The topological polar surface area (TPSA) is 67.2 Å². The number of aromatic nitrogens is 4. The van der Waals surface area contributed by atoms with Gasteiger partial charge in [0.15, 0.2) is 0 Å². The highest BCUT2D eigenvalue weighted by Gasteiger charge is 2.38. The number of carbonyl (C=O) groups is 1. The zero-order valence-corrected chi connectivity index (χ0v) is 13.2. The molecular weight excluding hydrogens is 292 g/mol. The summed E-state index contributed by atoms with van der Waals surface area (Å²) in [6.07, 6.45) is 9.18. The molecule has 120 valence electrons. The van der Waals surface area contributed by atoms with Gasteiger partial charge in [-0.15, -0.1) is 0 Å². The number of rotatable bonds is 2. The van der Waals surface area contributed by atoms with Gasteiger partial charge in [-0.3, -0.25) is 9.48 Å². The van der Waals surface area contributed by atoms with Gasteiger partial charge in [0.25, 0.3) is 5.91 Å². The molecule has 2 aromatic heterocycles. The van der Waals surface area contributed by atoms with Crippen molar-refractivity contribution in [2.75, 3.05) is 24.5 Å². The molecule has 1 amide bonds. The van der Waals surface area contributed by atoms with Gasteiger partial charge in [-0.25, -0.2) is 9.97 Å². The summed E-state index contributed by atoms with van der Waals surface area (Å²) < 4.78 is 1.67. The molecule has 5 rings (SSSR count). The molecule has 0 aromatic carbocycles. The Morgan fingerprint density at radius 1 is 1.17 bits per heavy atom. The van der Waals surface area contributed by atoms with Crippen molar-refractivity contribution in [3.63, 3.8) is 0 Å². The maximum Gasteiger partial charge on any atom is 0.257 e. The minimum absolute atomic E-state index is 0.0867. The fourth-order valence-corrected chi connectivity index (χ4v) is 3.65. The summed E-state index contributed by atoms with van der Waals surface area (Å²) in [4.78, 5) is 25.8. The summed E-state index contributed by atoms with van der Waals surface area (Å²) in [6, 6.07) is 2.04. The Morgan fingerprint density at radius 3 is 2.74 bits per heavy atom. The number of carbonyl (C=O) groups excluding carboxylic acids is 1. The van der Waals surface area contributed by atoms with E-state index >= 15 is 0 Å². The molecule has 0 saturated carbocycles. The average molecular weight is 312 g/mol. The molecule has 3 aliphatic heterocycles. The molecule has 0 unspecified atom stereocenters. The van der Waals surface area contributed by atoms with Crippen LogP contribution in [0.1, 0.15) is 23.2 Å². The van der Waals surface area contributed by atoms with E-state index in [-0.39, 0.29) is 11.9 Å². The van der Waals surface area contributed by atoms with Crippen molar-refractivity contribution in [1.82, 2.24) is 24.6 Å². The largest absolute Gasteiger partial charge is 0.338 e. The lowest BCUT2D eigenvalue weighted by Crippen LogP contribution is -2.47. The molecule has 3 aliphatic rings. The average Bonchev–Trinajstić information content (AvgIpc) is 2.82. The highest BCUT2D eigenvalue weighted by atomic mass is 16.2. The van der Waals surface area contributed by atoms with E-state index in [1.54, 1.807) is 29.5 Å². The second-order valence-corrected chi connectivity index (χ2v) is 6.41. The van der Waals surface area contributed by atoms with E-state index in [0.717, 1.165) is 38.4 Å². The molecule has 0 N–H and O–H groups in total. The molecule has 2 atom stereocenters. The van der Waals surface area contributed by atoms with Gasteiger partial charge in [-0.1, -0.05) is 0 Å². The molecule has 3 fully saturated rings. The third-order valence-corrected chi connectivity index (χ3v) is 4.76. The number of fused-ring (bicyclic) bond motifs is 4. The molecule has 7 heteroatoms. The lowest BCUT2D eigenvalue weighted by Gasteiger charge is -2.35. The maximum absolute atomic E-state index is 12.8. The van der Waals surface area contributed by atoms with Gasteiger partial charge in [0, 0.05) is 51.3 Å². The third kappa shape index (κ3) is 2.67. The fraction of sp³-hybridized carbons (Fsp3) is 0.500. The fourth-order valence-electron chi connectivity index (χ4n) is 3.65. The second-order valence-electron chi connectivity index (χ2n) is 6.41. The summed E-state index contributed by atoms with van der Waals surface area (Å²) in [5, 5.41) is 4.12. The van der Waals surface area contributed by atoms with Gasteiger partial charge in [0.05, 0.1) is 11.8 Å². The Balaban J connectivity index is 1.57. The van der Waals surface area contributed by atoms with Gasteiger partial charge in [-0.05, 0) is 24.8 Å². The monoisotopic (exact) mass is 312 g/mol. The number of hydrogen-bond acceptors (Lipinski definition) is 5. The summed E-state index contributed by atoms with van der Waals surface area (Å²) in [7, 11) is 1.83. The van der Waals surface area contributed by atoms with Crippen LogP contribution in [-0.4, -0.2) is 56.2 Å². The zero-order chi connectivity index (χ0) is 15.8. The first-order valence-electron chi connectivity index (χ1n) is 8.02. The van der Waals surface area contributed by atoms with Crippen LogP contribution in [0.5, 0.6) is 0 Å². The second kappa shape index (κ2) is 5.64. The first-order chi connectivity index (χ1) is 11.2. The summed E-state index contributed by atoms with van der Waals surface area (Å²) in [6.45, 7) is 2.52. The van der Waals surface area contributed by atoms with Crippen molar-refractivity contribution in [3.05, 3.63) is 36.4 Å². The van der Waals surface area contributed by atoms with Crippen LogP contribution in [0.3, 0.4) is 0 Å². The number of aryl methyl sites for hydroxylation is 1. The van der Waals surface area contributed by atoms with Crippen LogP contribution in [0.4, 0.5) is 5.95 Å². The number of piperidine rings is 1. The van der Waals surface area contributed by atoms with Gasteiger partial charge >= 0.3 is 0 Å². The Morgan fingerprint density at radius 2 is 2.00 bits per heavy atom. The van der Waals surface area contributed by atoms with Gasteiger partial charge in [-0.2, -0.15) is 5.10 Å². The van der Waals surface area contributed by atoms with E-state index in [9.17, 15) is 4.79 Å². The van der Waals surface area contributed by atoms with Gasteiger partial charge < -0.3 is 9.80 Å². The molecular formula is C16H20N6O. The molecule has 3 saturated heterocycles. The maximum atomic E-state index is 12.8. The Kier molecular flexibility index (Phi) is 3.48. The standard InChI is InChI=1S/C16H20N6O/c1-20-10-13(7-19-20)15(23)22-9-12-3-4-14(22)11-21(8-12)16-17-5-2-6-18-16/h2,5-7,10,12,14H,3-4,8-9,11H2,1H3/t12-,14+/m0/s1. The van der Waals surface area contributed by atoms with Crippen LogP contribution in [0.15, 0.2) is 30.9 Å². The molecule has 2 aromatic rings. The minimum Gasteiger partial charge on any atom is -0.338 e. The van der Waals surface area contributed by atoms with E-state index in [0.29, 0.717) is 11.5 Å². The minimum atomic E-state index is 0.0867. The van der Waals surface area contributed by atoms with Crippen molar-refractivity contribution < 1.29 is 4.79 Å². The predicted octanol–water partition coefficient (Wildman–Crippen LogP) is 0.951. The highest BCUT2D eigenvalue weighted by Crippen LogP contribution is 2.30. The molecule has 0 spiro atoms. The number of nitrogens with zero attached hydrogens (tertiary/aromatic N) is 6. The van der Waals surface area contributed by atoms with E-state index in [1.807, 2.05) is 18.0 Å². The van der Waals surface area contributed by atoms with Crippen LogP contribution < -0.4 is 4.90 Å². The lowest BCUT2D eigenvalue weighted by atomic mass is 9.94. The van der Waals surface area contributed by atoms with E-state index in [1.165, 1.54) is 0 Å². The summed E-state index contributed by atoms with van der Waals surface area (Å²) in [5.41, 5.74) is 0.669. The molecule has 0 aliphatic carbocycles. The number of anilines is 1. The van der Waals surface area contributed by atoms with Crippen molar-refractivity contribution in [2.45, 2.75) is 18.9 Å². The molecule has 7 nitrogen and oxygen atoms in total. The van der Waals surface area contributed by atoms with Crippen LogP contribution in [0.2, 0.25) is 0 Å².